The number of hydrogen-bond donors (Lipinski definition) is 1. The van der Waals surface area contributed by atoms with Crippen LogP contribution in [0, 0.1) is 11.7 Å². The average Bonchev–Trinajstić information content (AvgIpc) is 3.61. The van der Waals surface area contributed by atoms with E-state index in [9.17, 15) is 23.9 Å². The Kier molecular flexibility index (Phi) is 6.77. The molecule has 8 heteroatoms. The molecule has 2 atom stereocenters. The molecule has 0 bridgehead atoms. The van der Waals surface area contributed by atoms with E-state index >= 15 is 0 Å². The van der Waals surface area contributed by atoms with Crippen molar-refractivity contribution >= 4 is 29.1 Å². The number of hydrogen-bond acceptors (Lipinski definition) is 5. The fourth-order valence-electron chi connectivity index (χ4n) is 6.07. The highest BCUT2D eigenvalue weighted by atomic mass is 32.1. The highest BCUT2D eigenvalue weighted by Crippen LogP contribution is 2.43. The lowest BCUT2D eigenvalue weighted by molar-refractivity contribution is -0.145. The van der Waals surface area contributed by atoms with Gasteiger partial charge in [0.05, 0.1) is 11.5 Å². The van der Waals surface area contributed by atoms with Gasteiger partial charge >= 0.3 is 0 Å². The summed E-state index contributed by atoms with van der Waals surface area (Å²) in [7, 11) is 0. The fraction of sp³-hybridized carbons (Fsp3) is 0.519. The zero-order chi connectivity index (χ0) is 24.6. The predicted molar refractivity (Wildman–Crippen MR) is 130 cm³/mol. The lowest BCUT2D eigenvalue weighted by Crippen LogP contribution is -2.47. The quantitative estimate of drug-likeness (QED) is 0.606. The summed E-state index contributed by atoms with van der Waals surface area (Å²) in [5.41, 5.74) is -0.973. The highest BCUT2D eigenvalue weighted by Gasteiger charge is 2.56. The monoisotopic (exact) mass is 498 g/mol. The SMILES string of the molecule is O=C(C[C@@]1(c2cccc(F)c2)CC(=O)N(C2CCCC2)C1=O)N1CCC([C@H](O)c2cccs2)CC1. The van der Waals surface area contributed by atoms with Crippen LogP contribution in [-0.4, -0.2) is 51.8 Å². The third-order valence-electron chi connectivity index (χ3n) is 8.04. The maximum atomic E-state index is 14.2. The molecule has 0 spiro atoms. The number of carbonyl (C=O) groups excluding carboxylic acids is 3. The summed E-state index contributed by atoms with van der Waals surface area (Å²) in [6.45, 7) is 0.972. The first-order valence-electron chi connectivity index (χ1n) is 12.5. The van der Waals surface area contributed by atoms with E-state index in [1.165, 1.54) is 34.4 Å². The molecule has 3 fully saturated rings. The second kappa shape index (κ2) is 9.82. The molecule has 3 heterocycles. The number of aliphatic hydroxyl groups is 1. The summed E-state index contributed by atoms with van der Waals surface area (Å²) in [5, 5.41) is 12.6. The molecular weight excluding hydrogens is 467 g/mol. The molecule has 35 heavy (non-hydrogen) atoms. The van der Waals surface area contributed by atoms with Gasteiger partial charge in [0.2, 0.25) is 17.7 Å². The normalized spacial score (nSPS) is 25.0. The minimum atomic E-state index is -1.37. The molecule has 1 aromatic heterocycles. The average molecular weight is 499 g/mol. The first-order chi connectivity index (χ1) is 16.9. The minimum Gasteiger partial charge on any atom is -0.387 e. The van der Waals surface area contributed by atoms with Crippen LogP contribution in [-0.2, 0) is 19.8 Å². The molecule has 1 N–H and O–H groups in total. The van der Waals surface area contributed by atoms with Crippen LogP contribution in [0.3, 0.4) is 0 Å². The van der Waals surface area contributed by atoms with Gasteiger partial charge in [-0.25, -0.2) is 4.39 Å². The van der Waals surface area contributed by atoms with Crippen LogP contribution in [0.1, 0.15) is 67.9 Å². The smallest absolute Gasteiger partial charge is 0.241 e. The zero-order valence-corrected chi connectivity index (χ0v) is 20.5. The number of nitrogens with zero attached hydrogens (tertiary/aromatic N) is 2. The summed E-state index contributed by atoms with van der Waals surface area (Å²) in [5.74, 6) is -1.25. The number of imide groups is 1. The number of rotatable bonds is 6. The van der Waals surface area contributed by atoms with E-state index in [0.29, 0.717) is 31.5 Å². The van der Waals surface area contributed by atoms with Gasteiger partial charge in [0, 0.05) is 36.9 Å². The standard InChI is InChI=1S/C27H31FN2O4S/c28-20-6-3-5-19(15-20)27(17-24(32)30(26(27)34)21-7-1-2-8-21)16-23(31)29-12-10-18(11-13-29)25(33)22-9-4-14-35-22/h3-6,9,14-15,18,21,25,33H,1-2,7-8,10-13,16-17H2/t25-,27-/m0/s1. The van der Waals surface area contributed by atoms with Gasteiger partial charge in [0.25, 0.3) is 0 Å². The molecule has 1 aliphatic carbocycles. The van der Waals surface area contributed by atoms with Crippen molar-refractivity contribution in [1.82, 2.24) is 9.80 Å². The Hall–Kier alpha value is -2.58. The van der Waals surface area contributed by atoms with Crippen LogP contribution in [0.4, 0.5) is 4.39 Å². The summed E-state index contributed by atoms with van der Waals surface area (Å²) in [4.78, 5) is 44.4. The first-order valence-corrected chi connectivity index (χ1v) is 13.4. The maximum absolute atomic E-state index is 14.2. The molecule has 0 unspecified atom stereocenters. The largest absolute Gasteiger partial charge is 0.387 e. The molecule has 1 saturated carbocycles. The molecule has 3 amide bonds. The van der Waals surface area contributed by atoms with E-state index < -0.39 is 17.3 Å². The van der Waals surface area contributed by atoms with Crippen molar-refractivity contribution in [3.05, 3.63) is 58.0 Å². The summed E-state index contributed by atoms with van der Waals surface area (Å²) < 4.78 is 14.2. The third kappa shape index (κ3) is 4.54. The lowest BCUT2D eigenvalue weighted by atomic mass is 9.75. The minimum absolute atomic E-state index is 0.0717. The molecule has 6 nitrogen and oxygen atoms in total. The number of amides is 3. The number of thiophene rings is 1. The van der Waals surface area contributed by atoms with E-state index in [0.717, 1.165) is 30.6 Å². The zero-order valence-electron chi connectivity index (χ0n) is 19.7. The van der Waals surface area contributed by atoms with Crippen LogP contribution >= 0.6 is 11.3 Å². The van der Waals surface area contributed by atoms with Crippen LogP contribution in [0.2, 0.25) is 0 Å². The summed E-state index contributed by atoms with van der Waals surface area (Å²) in [6, 6.07) is 9.50. The first kappa shape index (κ1) is 24.1. The van der Waals surface area contributed by atoms with Crippen molar-refractivity contribution in [3.63, 3.8) is 0 Å². The number of piperidine rings is 1. The molecule has 3 aliphatic rings. The van der Waals surface area contributed by atoms with Gasteiger partial charge in [-0.15, -0.1) is 11.3 Å². The number of halogens is 1. The van der Waals surface area contributed by atoms with E-state index in [2.05, 4.69) is 0 Å². The van der Waals surface area contributed by atoms with Gasteiger partial charge in [0.15, 0.2) is 0 Å². The van der Waals surface area contributed by atoms with Gasteiger partial charge in [-0.2, -0.15) is 0 Å². The Morgan fingerprint density at radius 1 is 1.11 bits per heavy atom. The molecule has 0 radical (unpaired) electrons. The van der Waals surface area contributed by atoms with Crippen molar-refractivity contribution in [2.24, 2.45) is 5.92 Å². The van der Waals surface area contributed by atoms with Gasteiger partial charge in [-0.05, 0) is 60.7 Å². The van der Waals surface area contributed by atoms with Crippen LogP contribution < -0.4 is 0 Å². The van der Waals surface area contributed by atoms with Crippen molar-refractivity contribution in [2.75, 3.05) is 13.1 Å². The molecule has 2 aromatic rings. The topological polar surface area (TPSA) is 77.9 Å². The Morgan fingerprint density at radius 2 is 1.86 bits per heavy atom. The van der Waals surface area contributed by atoms with Crippen LogP contribution in [0.5, 0.6) is 0 Å². The van der Waals surface area contributed by atoms with Gasteiger partial charge in [0.1, 0.15) is 5.82 Å². The third-order valence-corrected chi connectivity index (χ3v) is 8.99. The number of aliphatic hydroxyl groups excluding tert-OH is 1. The van der Waals surface area contributed by atoms with Gasteiger partial charge in [-0.3, -0.25) is 19.3 Å². The van der Waals surface area contributed by atoms with E-state index in [-0.39, 0.29) is 42.5 Å². The van der Waals surface area contributed by atoms with Crippen molar-refractivity contribution in [1.29, 1.82) is 0 Å². The molecule has 1 aromatic carbocycles. The molecule has 2 aliphatic heterocycles. The van der Waals surface area contributed by atoms with Crippen LogP contribution in [0.15, 0.2) is 41.8 Å². The number of likely N-dealkylation sites (tertiary alicyclic amines) is 2. The van der Waals surface area contributed by atoms with Gasteiger partial charge in [-0.1, -0.05) is 31.0 Å². The second-order valence-electron chi connectivity index (χ2n) is 10.1. The van der Waals surface area contributed by atoms with E-state index in [1.54, 1.807) is 11.0 Å². The van der Waals surface area contributed by atoms with Gasteiger partial charge < -0.3 is 10.0 Å². The molecule has 186 valence electrons. The molecule has 2 saturated heterocycles. The van der Waals surface area contributed by atoms with Crippen LogP contribution in [0.25, 0.3) is 0 Å². The second-order valence-corrected chi connectivity index (χ2v) is 11.1. The lowest BCUT2D eigenvalue weighted by Gasteiger charge is -2.36. The molecular formula is C27H31FN2O4S. The van der Waals surface area contributed by atoms with E-state index in [4.69, 9.17) is 0 Å². The van der Waals surface area contributed by atoms with E-state index in [1.807, 2.05) is 17.5 Å². The number of carbonyl (C=O) groups is 3. The predicted octanol–water partition coefficient (Wildman–Crippen LogP) is 4.19. The summed E-state index contributed by atoms with van der Waals surface area (Å²) >= 11 is 1.53. The maximum Gasteiger partial charge on any atom is 0.241 e. The van der Waals surface area contributed by atoms with Crippen molar-refractivity contribution < 1.29 is 23.9 Å². The Labute approximate surface area is 208 Å². The Balaban J connectivity index is 1.34. The van der Waals surface area contributed by atoms with Crippen molar-refractivity contribution in [2.45, 2.75) is 68.9 Å². The summed E-state index contributed by atoms with van der Waals surface area (Å²) in [6.07, 6.45) is 4.04. The Bertz CT molecular complexity index is 1090. The number of benzene rings is 1. The van der Waals surface area contributed by atoms with Crippen molar-refractivity contribution in [3.8, 4) is 0 Å². The molecule has 5 rings (SSSR count). The highest BCUT2D eigenvalue weighted by molar-refractivity contribution is 7.10. The fourth-order valence-corrected chi connectivity index (χ4v) is 6.88. The Morgan fingerprint density at radius 3 is 2.51 bits per heavy atom.